The molecule has 0 amide bonds. The van der Waals surface area contributed by atoms with Crippen LogP contribution in [-0.2, 0) is 4.43 Å². The molecule has 0 saturated heterocycles. The van der Waals surface area contributed by atoms with Crippen LogP contribution in [0.3, 0.4) is 0 Å². The molecule has 0 aromatic rings. The smallest absolute Gasteiger partial charge is 0.193 e. The molecule has 74 valence electrons. The van der Waals surface area contributed by atoms with Crippen LogP contribution in [0.25, 0.3) is 0 Å². The zero-order valence-electron chi connectivity index (χ0n) is 8.69. The van der Waals surface area contributed by atoms with E-state index < -0.39 is 8.32 Å². The highest BCUT2D eigenvalue weighted by molar-refractivity contribution is 9.09. The third kappa shape index (κ3) is 3.58. The predicted molar refractivity (Wildman–Crippen MR) is 61.3 cm³/mol. The Morgan fingerprint density at radius 2 is 1.50 bits per heavy atom. The third-order valence-corrected chi connectivity index (χ3v) is 8.46. The van der Waals surface area contributed by atoms with E-state index in [1.165, 1.54) is 18.1 Å². The van der Waals surface area contributed by atoms with Crippen LogP contribution < -0.4 is 0 Å². The molecule has 0 saturated carbocycles. The Hall–Kier alpha value is 0.657. The fraction of sp³-hybridized carbons (Fsp3) is 1.00. The molecule has 0 spiro atoms. The van der Waals surface area contributed by atoms with Crippen LogP contribution in [0.2, 0.25) is 18.1 Å². The highest BCUT2D eigenvalue weighted by Gasteiger charge is 2.30. The number of rotatable bonds is 6. The number of hydrogen-bond acceptors (Lipinski definition) is 1. The maximum atomic E-state index is 6.09. The van der Waals surface area contributed by atoms with Gasteiger partial charge in [-0.3, -0.25) is 0 Å². The lowest BCUT2D eigenvalue weighted by Crippen LogP contribution is -2.38. The first kappa shape index (κ1) is 12.7. The van der Waals surface area contributed by atoms with Crippen molar-refractivity contribution in [2.45, 2.75) is 57.3 Å². The molecule has 3 heteroatoms. The average Bonchev–Trinajstić information content (AvgIpc) is 2.14. The second-order valence-corrected chi connectivity index (χ2v) is 8.92. The van der Waals surface area contributed by atoms with E-state index >= 15 is 0 Å². The monoisotopic (exact) mass is 252 g/mol. The molecule has 0 aliphatic carbocycles. The summed E-state index contributed by atoms with van der Waals surface area (Å²) in [6.07, 6.45) is 1.06. The van der Waals surface area contributed by atoms with Gasteiger partial charge in [0.05, 0.1) is 0 Å². The fourth-order valence-electron chi connectivity index (χ4n) is 1.35. The summed E-state index contributed by atoms with van der Waals surface area (Å²) in [6, 6.07) is 3.71. The number of hydrogen-bond donors (Lipinski definition) is 0. The van der Waals surface area contributed by atoms with E-state index in [2.05, 4.69) is 43.6 Å². The molecule has 0 radical (unpaired) electrons. The molecule has 1 atom stereocenters. The van der Waals surface area contributed by atoms with E-state index in [0.29, 0.717) is 0 Å². The van der Waals surface area contributed by atoms with Crippen molar-refractivity contribution in [3.8, 4) is 0 Å². The SMILES string of the molecule is CCC(Br)O[Si](CC)(CC)CC. The summed E-state index contributed by atoms with van der Waals surface area (Å²) in [6.45, 7) is 8.93. The van der Waals surface area contributed by atoms with E-state index in [-0.39, 0.29) is 5.01 Å². The van der Waals surface area contributed by atoms with Crippen molar-refractivity contribution in [2.75, 3.05) is 0 Å². The van der Waals surface area contributed by atoms with Crippen LogP contribution in [0.4, 0.5) is 0 Å². The molecule has 0 heterocycles. The second-order valence-electron chi connectivity index (χ2n) is 3.18. The van der Waals surface area contributed by atoms with E-state index in [1.54, 1.807) is 0 Å². The van der Waals surface area contributed by atoms with E-state index in [4.69, 9.17) is 4.43 Å². The first-order valence-corrected chi connectivity index (χ1v) is 8.40. The lowest BCUT2D eigenvalue weighted by atomic mass is 10.5. The van der Waals surface area contributed by atoms with Crippen LogP contribution in [0.1, 0.15) is 34.1 Å². The normalized spacial score (nSPS) is 14.8. The Bertz CT molecular complexity index is 107. The first-order chi connectivity index (χ1) is 5.64. The summed E-state index contributed by atoms with van der Waals surface area (Å²) >= 11 is 3.55. The van der Waals surface area contributed by atoms with Crippen LogP contribution >= 0.6 is 15.9 Å². The van der Waals surface area contributed by atoms with Gasteiger partial charge in [-0.1, -0.05) is 43.6 Å². The lowest BCUT2D eigenvalue weighted by Gasteiger charge is -2.30. The minimum atomic E-state index is -1.35. The van der Waals surface area contributed by atoms with Gasteiger partial charge in [0.15, 0.2) is 8.32 Å². The molecular formula is C9H21BrOSi. The molecule has 0 bridgehead atoms. The van der Waals surface area contributed by atoms with Crippen molar-refractivity contribution >= 4 is 24.2 Å². The summed E-state index contributed by atoms with van der Waals surface area (Å²) in [7, 11) is -1.35. The molecule has 1 unspecified atom stereocenters. The summed E-state index contributed by atoms with van der Waals surface area (Å²) in [5.74, 6) is 0. The maximum Gasteiger partial charge on any atom is 0.193 e. The Kier molecular flexibility index (Phi) is 6.50. The molecule has 1 nitrogen and oxygen atoms in total. The second kappa shape index (κ2) is 6.16. The van der Waals surface area contributed by atoms with Crippen molar-refractivity contribution in [1.82, 2.24) is 0 Å². The summed E-state index contributed by atoms with van der Waals surface area (Å²) in [5, 5.41) is 0.281. The predicted octanol–water partition coefficient (Wildman–Crippen LogP) is 4.14. The largest absolute Gasteiger partial charge is 0.405 e. The van der Waals surface area contributed by atoms with Crippen molar-refractivity contribution < 1.29 is 4.43 Å². The molecule has 0 aliphatic rings. The quantitative estimate of drug-likeness (QED) is 0.510. The van der Waals surface area contributed by atoms with Gasteiger partial charge in [0.25, 0.3) is 0 Å². The van der Waals surface area contributed by atoms with Gasteiger partial charge < -0.3 is 4.43 Å². The standard InChI is InChI=1S/C9H21BrOSi/c1-5-9(10)11-12(6-2,7-3)8-4/h9H,5-8H2,1-4H3. The summed E-state index contributed by atoms with van der Waals surface area (Å²) < 4.78 is 6.09. The molecule has 0 aromatic heterocycles. The van der Waals surface area contributed by atoms with Crippen LogP contribution in [-0.4, -0.2) is 13.3 Å². The molecule has 0 fully saturated rings. The van der Waals surface area contributed by atoms with Crippen LogP contribution in [0.15, 0.2) is 0 Å². The number of halogens is 1. The van der Waals surface area contributed by atoms with Gasteiger partial charge >= 0.3 is 0 Å². The highest BCUT2D eigenvalue weighted by atomic mass is 79.9. The Morgan fingerprint density at radius 1 is 1.08 bits per heavy atom. The van der Waals surface area contributed by atoms with Gasteiger partial charge in [0, 0.05) is 0 Å². The fourth-order valence-corrected chi connectivity index (χ4v) is 5.25. The minimum absolute atomic E-state index is 0.281. The molecule has 0 aliphatic heterocycles. The summed E-state index contributed by atoms with van der Waals surface area (Å²) in [4.78, 5) is 0. The van der Waals surface area contributed by atoms with Crippen molar-refractivity contribution in [1.29, 1.82) is 0 Å². The molecule has 0 N–H and O–H groups in total. The van der Waals surface area contributed by atoms with Gasteiger partial charge in [-0.15, -0.1) is 0 Å². The Balaban J connectivity index is 4.09. The molecule has 0 rings (SSSR count). The lowest BCUT2D eigenvalue weighted by molar-refractivity contribution is 0.273. The van der Waals surface area contributed by atoms with Crippen molar-refractivity contribution in [3.05, 3.63) is 0 Å². The topological polar surface area (TPSA) is 9.23 Å². The zero-order valence-corrected chi connectivity index (χ0v) is 11.3. The maximum absolute atomic E-state index is 6.09. The third-order valence-electron chi connectivity index (χ3n) is 2.63. The molecule has 0 aromatic carbocycles. The van der Waals surface area contributed by atoms with Gasteiger partial charge in [-0.25, -0.2) is 0 Å². The van der Waals surface area contributed by atoms with Gasteiger partial charge in [-0.05, 0) is 24.6 Å². The van der Waals surface area contributed by atoms with E-state index in [0.717, 1.165) is 6.42 Å². The first-order valence-electron chi connectivity index (χ1n) is 4.96. The van der Waals surface area contributed by atoms with Gasteiger partial charge in [0.2, 0.25) is 0 Å². The summed E-state index contributed by atoms with van der Waals surface area (Å²) in [5.41, 5.74) is 0. The molecular weight excluding hydrogens is 232 g/mol. The van der Waals surface area contributed by atoms with E-state index in [9.17, 15) is 0 Å². The molecule has 12 heavy (non-hydrogen) atoms. The minimum Gasteiger partial charge on any atom is -0.405 e. The van der Waals surface area contributed by atoms with Gasteiger partial charge in [0.1, 0.15) is 5.01 Å². The van der Waals surface area contributed by atoms with E-state index in [1.807, 2.05) is 0 Å². The Labute approximate surface area is 86.1 Å². The Morgan fingerprint density at radius 3 is 1.75 bits per heavy atom. The van der Waals surface area contributed by atoms with Crippen molar-refractivity contribution in [2.24, 2.45) is 0 Å². The van der Waals surface area contributed by atoms with Crippen LogP contribution in [0.5, 0.6) is 0 Å². The van der Waals surface area contributed by atoms with Gasteiger partial charge in [-0.2, -0.15) is 0 Å². The zero-order chi connectivity index (χ0) is 9.61. The van der Waals surface area contributed by atoms with Crippen molar-refractivity contribution in [3.63, 3.8) is 0 Å². The van der Waals surface area contributed by atoms with Crippen LogP contribution in [0, 0.1) is 0 Å². The number of alkyl halides is 1. The highest BCUT2D eigenvalue weighted by Crippen LogP contribution is 2.25. The average molecular weight is 253 g/mol.